The van der Waals surface area contributed by atoms with Crippen LogP contribution in [0.25, 0.3) is 5.65 Å². The first-order valence-electron chi connectivity index (χ1n) is 5.99. The summed E-state index contributed by atoms with van der Waals surface area (Å²) in [6.07, 6.45) is 4.41. The second-order valence-electron chi connectivity index (χ2n) is 5.38. The number of tetrazole rings is 1. The third-order valence-corrected chi connectivity index (χ3v) is 4.32. The second kappa shape index (κ2) is 4.05. The minimum Gasteiger partial charge on any atom is -0.355 e. The van der Waals surface area contributed by atoms with Gasteiger partial charge in [0.15, 0.2) is 11.5 Å². The van der Waals surface area contributed by atoms with Crippen LogP contribution in [0.1, 0.15) is 20.3 Å². The molecule has 0 saturated carbocycles. The molecule has 1 aliphatic rings. The first-order valence-corrected chi connectivity index (χ1v) is 6.43. The van der Waals surface area contributed by atoms with E-state index in [4.69, 9.17) is 11.6 Å². The molecule has 3 heterocycles. The maximum absolute atomic E-state index is 6.37. The maximum Gasteiger partial charge on any atom is 0.199 e. The maximum atomic E-state index is 6.37. The summed E-state index contributed by atoms with van der Waals surface area (Å²) in [5, 5.41) is 11.8. The molecular weight excluding hydrogens is 252 g/mol. The number of hydrogen-bond acceptors (Lipinski definition) is 5. The second-order valence-corrected chi connectivity index (χ2v) is 5.91. The van der Waals surface area contributed by atoms with Gasteiger partial charge >= 0.3 is 0 Å². The Balaban J connectivity index is 1.98. The fourth-order valence-electron chi connectivity index (χ4n) is 2.40. The molecule has 0 spiro atoms. The predicted octanol–water partition coefficient (Wildman–Crippen LogP) is 1.36. The van der Waals surface area contributed by atoms with Crippen molar-refractivity contribution in [1.29, 1.82) is 0 Å². The van der Waals surface area contributed by atoms with E-state index in [2.05, 4.69) is 39.3 Å². The number of hydrogen-bond donors (Lipinski definition) is 0. The van der Waals surface area contributed by atoms with Gasteiger partial charge in [0.25, 0.3) is 0 Å². The molecule has 2 aromatic heterocycles. The molecule has 1 saturated heterocycles. The zero-order valence-electron chi connectivity index (χ0n) is 10.4. The Morgan fingerprint density at radius 3 is 3.00 bits per heavy atom. The Bertz CT molecular complexity index is 565. The fraction of sp³-hybridized carbons (Fsp3) is 0.636. The zero-order chi connectivity index (χ0) is 12.8. The number of fused-ring (bicyclic) bond motifs is 1. The average molecular weight is 267 g/mol. The van der Waals surface area contributed by atoms with E-state index in [0.717, 1.165) is 25.3 Å². The molecule has 3 rings (SSSR count). The van der Waals surface area contributed by atoms with Crippen LogP contribution in [0, 0.1) is 5.41 Å². The van der Waals surface area contributed by atoms with Crippen molar-refractivity contribution in [3.8, 4) is 0 Å². The molecule has 0 radical (unpaired) electrons. The van der Waals surface area contributed by atoms with E-state index >= 15 is 0 Å². The summed E-state index contributed by atoms with van der Waals surface area (Å²) in [6, 6.07) is 0. The number of nitrogens with zero attached hydrogens (tertiary/aromatic N) is 6. The molecule has 1 fully saturated rings. The SMILES string of the molecule is CC1(C)CN(c2cncc3nnnn23)CCC1Cl. The van der Waals surface area contributed by atoms with Crippen LogP contribution in [-0.4, -0.2) is 43.5 Å². The van der Waals surface area contributed by atoms with Gasteiger partial charge in [-0.3, -0.25) is 4.98 Å². The van der Waals surface area contributed by atoms with E-state index in [9.17, 15) is 0 Å². The van der Waals surface area contributed by atoms with E-state index in [1.807, 2.05) is 0 Å². The number of anilines is 1. The minimum atomic E-state index is 0.0655. The van der Waals surface area contributed by atoms with Gasteiger partial charge in [0.1, 0.15) is 0 Å². The highest BCUT2D eigenvalue weighted by molar-refractivity contribution is 6.21. The molecule has 0 amide bonds. The molecule has 1 aliphatic heterocycles. The fourth-order valence-corrected chi connectivity index (χ4v) is 2.57. The van der Waals surface area contributed by atoms with Crippen LogP contribution in [0.4, 0.5) is 5.82 Å². The van der Waals surface area contributed by atoms with Crippen molar-refractivity contribution in [1.82, 2.24) is 25.0 Å². The van der Waals surface area contributed by atoms with E-state index in [1.54, 1.807) is 16.9 Å². The first-order chi connectivity index (χ1) is 8.58. The molecular formula is C11H15ClN6. The van der Waals surface area contributed by atoms with Gasteiger partial charge < -0.3 is 4.90 Å². The highest BCUT2D eigenvalue weighted by atomic mass is 35.5. The summed E-state index contributed by atoms with van der Waals surface area (Å²) in [6.45, 7) is 6.15. The van der Waals surface area contributed by atoms with Gasteiger partial charge in [-0.2, -0.15) is 4.52 Å². The highest BCUT2D eigenvalue weighted by Gasteiger charge is 2.35. The lowest BCUT2D eigenvalue weighted by atomic mass is 9.83. The van der Waals surface area contributed by atoms with Gasteiger partial charge in [-0.1, -0.05) is 13.8 Å². The largest absolute Gasteiger partial charge is 0.355 e. The number of halogens is 1. The van der Waals surface area contributed by atoms with Crippen molar-refractivity contribution >= 4 is 23.1 Å². The van der Waals surface area contributed by atoms with Crippen molar-refractivity contribution in [2.75, 3.05) is 18.0 Å². The van der Waals surface area contributed by atoms with Crippen molar-refractivity contribution in [3.05, 3.63) is 12.4 Å². The topological polar surface area (TPSA) is 59.2 Å². The zero-order valence-corrected chi connectivity index (χ0v) is 11.2. The van der Waals surface area contributed by atoms with Gasteiger partial charge in [0, 0.05) is 18.5 Å². The molecule has 0 N–H and O–H groups in total. The van der Waals surface area contributed by atoms with Crippen LogP contribution in [0.5, 0.6) is 0 Å². The van der Waals surface area contributed by atoms with Gasteiger partial charge in [0.2, 0.25) is 0 Å². The summed E-state index contributed by atoms with van der Waals surface area (Å²) < 4.78 is 1.72. The van der Waals surface area contributed by atoms with Crippen LogP contribution < -0.4 is 4.90 Å². The Hall–Kier alpha value is -1.43. The van der Waals surface area contributed by atoms with Crippen LogP contribution in [0.3, 0.4) is 0 Å². The lowest BCUT2D eigenvalue weighted by Gasteiger charge is -2.42. The highest BCUT2D eigenvalue weighted by Crippen LogP contribution is 2.35. The van der Waals surface area contributed by atoms with Crippen molar-refractivity contribution in [2.24, 2.45) is 5.41 Å². The first kappa shape index (κ1) is 11.6. The third kappa shape index (κ3) is 1.80. The molecule has 0 bridgehead atoms. The molecule has 1 unspecified atom stereocenters. The van der Waals surface area contributed by atoms with Crippen LogP contribution >= 0.6 is 11.6 Å². The van der Waals surface area contributed by atoms with Gasteiger partial charge in [-0.05, 0) is 22.3 Å². The Morgan fingerprint density at radius 1 is 1.39 bits per heavy atom. The Labute approximate surface area is 110 Å². The van der Waals surface area contributed by atoms with Gasteiger partial charge in [-0.25, -0.2) is 0 Å². The lowest BCUT2D eigenvalue weighted by molar-refractivity contribution is 0.298. The lowest BCUT2D eigenvalue weighted by Crippen LogP contribution is -2.47. The van der Waals surface area contributed by atoms with E-state index in [0.29, 0.717) is 5.65 Å². The monoisotopic (exact) mass is 266 g/mol. The van der Waals surface area contributed by atoms with E-state index in [1.165, 1.54) is 0 Å². The number of alkyl halides is 1. The van der Waals surface area contributed by atoms with Crippen molar-refractivity contribution < 1.29 is 0 Å². The predicted molar refractivity (Wildman–Crippen MR) is 68.8 cm³/mol. The molecule has 2 aromatic rings. The summed E-state index contributed by atoms with van der Waals surface area (Å²) in [5.41, 5.74) is 0.731. The number of aromatic nitrogens is 5. The van der Waals surface area contributed by atoms with Gasteiger partial charge in [-0.15, -0.1) is 16.7 Å². The molecule has 0 aromatic carbocycles. The van der Waals surface area contributed by atoms with E-state index in [-0.39, 0.29) is 10.8 Å². The van der Waals surface area contributed by atoms with Crippen molar-refractivity contribution in [2.45, 2.75) is 25.6 Å². The molecule has 18 heavy (non-hydrogen) atoms. The quantitative estimate of drug-likeness (QED) is 0.730. The molecule has 96 valence electrons. The molecule has 7 heteroatoms. The summed E-state index contributed by atoms with van der Waals surface area (Å²) >= 11 is 6.37. The van der Waals surface area contributed by atoms with Crippen LogP contribution in [0.2, 0.25) is 0 Å². The summed E-state index contributed by atoms with van der Waals surface area (Å²) in [5.74, 6) is 0.925. The molecule has 6 nitrogen and oxygen atoms in total. The molecule has 1 atom stereocenters. The summed E-state index contributed by atoms with van der Waals surface area (Å²) in [4.78, 5) is 6.43. The minimum absolute atomic E-state index is 0.0655. The molecule has 0 aliphatic carbocycles. The van der Waals surface area contributed by atoms with Crippen LogP contribution in [-0.2, 0) is 0 Å². The Kier molecular flexibility index (Phi) is 2.62. The normalized spacial score (nSPS) is 23.5. The van der Waals surface area contributed by atoms with Crippen molar-refractivity contribution in [3.63, 3.8) is 0 Å². The smallest absolute Gasteiger partial charge is 0.199 e. The number of rotatable bonds is 1. The van der Waals surface area contributed by atoms with Gasteiger partial charge in [0.05, 0.1) is 12.4 Å². The standard InChI is InChI=1S/C11H15ClN6/c1-11(2)7-17(4-3-8(11)12)10-6-13-5-9-14-15-16-18(9)10/h5-6,8H,3-4,7H2,1-2H3. The third-order valence-electron chi connectivity index (χ3n) is 3.51. The van der Waals surface area contributed by atoms with E-state index < -0.39 is 0 Å². The number of piperidine rings is 1. The van der Waals surface area contributed by atoms with Crippen LogP contribution in [0.15, 0.2) is 12.4 Å². The Morgan fingerprint density at radius 2 is 2.22 bits per heavy atom. The average Bonchev–Trinajstić information content (AvgIpc) is 2.80. The summed E-state index contributed by atoms with van der Waals surface area (Å²) in [7, 11) is 0.